The van der Waals surface area contributed by atoms with Gasteiger partial charge in [0.25, 0.3) is 5.91 Å². The van der Waals surface area contributed by atoms with Crippen LogP contribution < -0.4 is 10.6 Å². The number of benzene rings is 1. The lowest BCUT2D eigenvalue weighted by atomic mass is 9.99. The molecule has 1 aromatic carbocycles. The molecule has 0 saturated carbocycles. The Hall–Kier alpha value is -3.29. The Balaban J connectivity index is 1.45. The van der Waals surface area contributed by atoms with Gasteiger partial charge in [-0.3, -0.25) is 19.4 Å². The zero-order valence-electron chi connectivity index (χ0n) is 14.5. The molecule has 2 aliphatic heterocycles. The van der Waals surface area contributed by atoms with Gasteiger partial charge in [0.2, 0.25) is 11.8 Å². The molecule has 1 aromatic heterocycles. The number of nitrogens with zero attached hydrogens (tertiary/aromatic N) is 3. The molecular formula is C19H19N5O3. The number of aromatic nitrogens is 2. The Labute approximate surface area is 156 Å². The van der Waals surface area contributed by atoms with Crippen molar-refractivity contribution >= 4 is 17.7 Å². The molecule has 2 saturated heterocycles. The molecule has 2 aliphatic rings. The molecule has 8 nitrogen and oxygen atoms in total. The number of carbonyl (C=O) groups is 3. The summed E-state index contributed by atoms with van der Waals surface area (Å²) in [6.45, 7) is 0.438. The minimum atomic E-state index is -0.690. The highest BCUT2D eigenvalue weighted by atomic mass is 16.2. The minimum Gasteiger partial charge on any atom is -0.345 e. The Morgan fingerprint density at radius 3 is 2.78 bits per heavy atom. The van der Waals surface area contributed by atoms with Crippen LogP contribution in [0.15, 0.2) is 48.9 Å². The molecule has 4 rings (SSSR count). The molecule has 138 valence electrons. The van der Waals surface area contributed by atoms with Crippen molar-refractivity contribution in [3.05, 3.63) is 60.2 Å². The molecule has 2 aromatic rings. The van der Waals surface area contributed by atoms with Crippen molar-refractivity contribution in [1.82, 2.24) is 25.5 Å². The number of rotatable bonds is 4. The normalized spacial score (nSPS) is 24.3. The predicted octanol–water partition coefficient (Wildman–Crippen LogP) is -0.0830. The number of hydrogen-bond donors (Lipinski definition) is 2. The molecule has 3 heterocycles. The van der Waals surface area contributed by atoms with Gasteiger partial charge in [-0.1, -0.05) is 30.3 Å². The van der Waals surface area contributed by atoms with E-state index in [9.17, 15) is 14.4 Å². The summed E-state index contributed by atoms with van der Waals surface area (Å²) in [6.07, 6.45) is 5.25. The summed E-state index contributed by atoms with van der Waals surface area (Å²) in [6, 6.07) is 7.86. The van der Waals surface area contributed by atoms with Crippen LogP contribution in [0.5, 0.6) is 0 Å². The fourth-order valence-corrected chi connectivity index (χ4v) is 3.68. The van der Waals surface area contributed by atoms with E-state index in [1.807, 2.05) is 30.3 Å². The molecule has 0 spiro atoms. The first-order valence-corrected chi connectivity index (χ1v) is 8.85. The zero-order chi connectivity index (χ0) is 18.8. The fraction of sp³-hybridized carbons (Fsp3) is 0.316. The smallest absolute Gasteiger partial charge is 0.271 e. The maximum atomic E-state index is 12.8. The van der Waals surface area contributed by atoms with E-state index >= 15 is 0 Å². The lowest BCUT2D eigenvalue weighted by molar-refractivity contribution is -0.147. The summed E-state index contributed by atoms with van der Waals surface area (Å²) in [4.78, 5) is 47.2. The average Bonchev–Trinajstić information content (AvgIpc) is 3.12. The lowest BCUT2D eigenvalue weighted by Gasteiger charge is -2.36. The summed E-state index contributed by atoms with van der Waals surface area (Å²) in [5.74, 6) is -0.751. The third-order valence-electron chi connectivity index (χ3n) is 4.96. The number of carbonyl (C=O) groups excluding carboxylic acids is 3. The highest BCUT2D eigenvalue weighted by Crippen LogP contribution is 2.24. The van der Waals surface area contributed by atoms with Gasteiger partial charge in [0.1, 0.15) is 17.8 Å². The highest BCUT2D eigenvalue weighted by Gasteiger charge is 2.48. The minimum absolute atomic E-state index is 0.111. The van der Waals surface area contributed by atoms with E-state index in [4.69, 9.17) is 0 Å². The highest BCUT2D eigenvalue weighted by molar-refractivity contribution is 5.99. The Kier molecular flexibility index (Phi) is 4.53. The summed E-state index contributed by atoms with van der Waals surface area (Å²) >= 11 is 0. The third-order valence-corrected chi connectivity index (χ3v) is 4.96. The standard InChI is InChI=1S/C19H19N5O3/c25-17(15-11-20-7-8-21-15)22-13-6-9-24-16(13)18(26)23-14(19(24)27)10-12-4-2-1-3-5-12/h1-5,7-8,11,13-14,16H,6,9-10H2,(H,22,25)(H,23,26)/t13-,14+,16-/m0/s1. The maximum absolute atomic E-state index is 12.8. The van der Waals surface area contributed by atoms with Crippen LogP contribution in [0, 0.1) is 0 Å². The SMILES string of the molecule is O=C(N[C@H]1CCN2C(=O)[C@@H](Cc3ccccc3)NC(=O)[C@H]12)c1cnccn1. The summed E-state index contributed by atoms with van der Waals surface area (Å²) in [7, 11) is 0. The van der Waals surface area contributed by atoms with Crippen LogP contribution in [0.2, 0.25) is 0 Å². The fourth-order valence-electron chi connectivity index (χ4n) is 3.68. The van der Waals surface area contributed by atoms with Crippen LogP contribution >= 0.6 is 0 Å². The van der Waals surface area contributed by atoms with Crippen molar-refractivity contribution in [3.8, 4) is 0 Å². The largest absolute Gasteiger partial charge is 0.345 e. The Bertz CT molecular complexity index is 858. The van der Waals surface area contributed by atoms with E-state index in [-0.39, 0.29) is 17.5 Å². The molecule has 3 atom stereocenters. The van der Waals surface area contributed by atoms with E-state index in [0.29, 0.717) is 19.4 Å². The molecular weight excluding hydrogens is 346 g/mol. The first-order valence-electron chi connectivity index (χ1n) is 8.85. The van der Waals surface area contributed by atoms with Gasteiger partial charge in [-0.2, -0.15) is 0 Å². The molecule has 0 unspecified atom stereocenters. The molecule has 27 heavy (non-hydrogen) atoms. The predicted molar refractivity (Wildman–Crippen MR) is 95.5 cm³/mol. The van der Waals surface area contributed by atoms with E-state index in [0.717, 1.165) is 5.56 Å². The van der Waals surface area contributed by atoms with Gasteiger partial charge in [-0.25, -0.2) is 4.98 Å². The van der Waals surface area contributed by atoms with Crippen LogP contribution in [0.25, 0.3) is 0 Å². The molecule has 8 heteroatoms. The second-order valence-corrected chi connectivity index (χ2v) is 6.69. The number of piperazine rings is 1. The molecule has 0 bridgehead atoms. The summed E-state index contributed by atoms with van der Waals surface area (Å²) in [5, 5.41) is 5.63. The molecule has 3 amide bonds. The summed E-state index contributed by atoms with van der Waals surface area (Å²) in [5.41, 5.74) is 1.17. The van der Waals surface area contributed by atoms with E-state index in [2.05, 4.69) is 20.6 Å². The zero-order valence-corrected chi connectivity index (χ0v) is 14.5. The van der Waals surface area contributed by atoms with Crippen LogP contribution in [0.3, 0.4) is 0 Å². The molecule has 2 fully saturated rings. The van der Waals surface area contributed by atoms with Crippen molar-refractivity contribution in [2.75, 3.05) is 6.54 Å². The Morgan fingerprint density at radius 1 is 1.22 bits per heavy atom. The van der Waals surface area contributed by atoms with Crippen LogP contribution in [-0.4, -0.2) is 57.3 Å². The topological polar surface area (TPSA) is 104 Å². The van der Waals surface area contributed by atoms with Crippen molar-refractivity contribution in [3.63, 3.8) is 0 Å². The first-order chi connectivity index (χ1) is 13.1. The quantitative estimate of drug-likeness (QED) is 0.788. The molecule has 0 aliphatic carbocycles. The van der Waals surface area contributed by atoms with Gasteiger partial charge in [0.05, 0.1) is 12.2 Å². The van der Waals surface area contributed by atoms with E-state index in [1.165, 1.54) is 18.6 Å². The van der Waals surface area contributed by atoms with Gasteiger partial charge >= 0.3 is 0 Å². The Morgan fingerprint density at radius 2 is 2.04 bits per heavy atom. The molecule has 0 radical (unpaired) electrons. The van der Waals surface area contributed by atoms with Crippen molar-refractivity contribution in [2.24, 2.45) is 0 Å². The second kappa shape index (κ2) is 7.14. The van der Waals surface area contributed by atoms with E-state index < -0.39 is 24.0 Å². The summed E-state index contributed by atoms with van der Waals surface area (Å²) < 4.78 is 0. The number of hydrogen-bond acceptors (Lipinski definition) is 5. The first kappa shape index (κ1) is 17.1. The number of nitrogens with one attached hydrogen (secondary N) is 2. The number of amides is 3. The van der Waals surface area contributed by atoms with Crippen molar-refractivity contribution in [1.29, 1.82) is 0 Å². The van der Waals surface area contributed by atoms with Crippen molar-refractivity contribution < 1.29 is 14.4 Å². The number of fused-ring (bicyclic) bond motifs is 1. The lowest BCUT2D eigenvalue weighted by Crippen LogP contribution is -2.65. The third kappa shape index (κ3) is 3.38. The van der Waals surface area contributed by atoms with Gasteiger partial charge in [0, 0.05) is 25.4 Å². The molecule has 2 N–H and O–H groups in total. The van der Waals surface area contributed by atoms with Gasteiger partial charge in [0.15, 0.2) is 0 Å². The van der Waals surface area contributed by atoms with Crippen molar-refractivity contribution in [2.45, 2.75) is 31.0 Å². The van der Waals surface area contributed by atoms with Gasteiger partial charge in [-0.05, 0) is 12.0 Å². The van der Waals surface area contributed by atoms with Gasteiger partial charge in [-0.15, -0.1) is 0 Å². The van der Waals surface area contributed by atoms with E-state index in [1.54, 1.807) is 4.90 Å². The van der Waals surface area contributed by atoms with Gasteiger partial charge < -0.3 is 15.5 Å². The van der Waals surface area contributed by atoms with Crippen LogP contribution in [0.1, 0.15) is 22.5 Å². The monoisotopic (exact) mass is 365 g/mol. The van der Waals surface area contributed by atoms with Crippen LogP contribution in [0.4, 0.5) is 0 Å². The second-order valence-electron chi connectivity index (χ2n) is 6.69. The maximum Gasteiger partial charge on any atom is 0.271 e. The van der Waals surface area contributed by atoms with Crippen LogP contribution in [-0.2, 0) is 16.0 Å². The average molecular weight is 365 g/mol.